The van der Waals surface area contributed by atoms with E-state index in [1.54, 1.807) is 7.11 Å². The van der Waals surface area contributed by atoms with Crippen LogP contribution in [0.3, 0.4) is 0 Å². The first kappa shape index (κ1) is 17.6. The molecule has 1 N–H and O–H groups in total. The van der Waals surface area contributed by atoms with Crippen LogP contribution in [0.1, 0.15) is 64.5 Å². The highest BCUT2D eigenvalue weighted by molar-refractivity contribution is 5.76. The van der Waals surface area contributed by atoms with Gasteiger partial charge in [-0.3, -0.25) is 4.79 Å². The summed E-state index contributed by atoms with van der Waals surface area (Å²) in [4.78, 5) is 11.9. The van der Waals surface area contributed by atoms with Crippen molar-refractivity contribution in [3.63, 3.8) is 0 Å². The molecule has 0 saturated heterocycles. The first-order chi connectivity index (χ1) is 11.0. The van der Waals surface area contributed by atoms with Crippen molar-refractivity contribution in [2.24, 2.45) is 5.92 Å². The molecule has 0 radical (unpaired) electrons. The summed E-state index contributed by atoms with van der Waals surface area (Å²) >= 11 is 0. The second-order valence-corrected chi connectivity index (χ2v) is 6.82. The Balaban J connectivity index is 2.03. The number of hydrogen-bond donors (Lipinski definition) is 1. The number of amides is 1. The molecule has 1 aromatic rings. The van der Waals surface area contributed by atoms with Gasteiger partial charge in [-0.1, -0.05) is 19.9 Å². The Hall–Kier alpha value is -1.71. The maximum Gasteiger partial charge on any atom is 0.220 e. The SMILES string of the molecule is COc1cc([C@H](C)NC(=O)CC(C)C)ccc1OC1CCCC1. The summed E-state index contributed by atoms with van der Waals surface area (Å²) in [5.41, 5.74) is 1.03. The summed E-state index contributed by atoms with van der Waals surface area (Å²) < 4.78 is 11.5. The van der Waals surface area contributed by atoms with Crippen LogP contribution in [0.2, 0.25) is 0 Å². The molecule has 23 heavy (non-hydrogen) atoms. The molecular formula is C19H29NO3. The molecule has 1 aliphatic rings. The lowest BCUT2D eigenvalue weighted by Crippen LogP contribution is -2.27. The van der Waals surface area contributed by atoms with Gasteiger partial charge in [0.05, 0.1) is 19.3 Å². The van der Waals surface area contributed by atoms with E-state index in [4.69, 9.17) is 9.47 Å². The molecule has 1 fully saturated rings. The average molecular weight is 319 g/mol. The molecule has 128 valence electrons. The number of rotatable bonds is 7. The van der Waals surface area contributed by atoms with Crippen molar-refractivity contribution in [1.29, 1.82) is 0 Å². The van der Waals surface area contributed by atoms with E-state index >= 15 is 0 Å². The molecule has 4 nitrogen and oxygen atoms in total. The minimum absolute atomic E-state index is 0.0457. The molecule has 0 spiro atoms. The van der Waals surface area contributed by atoms with Gasteiger partial charge in [0.15, 0.2) is 11.5 Å². The highest BCUT2D eigenvalue weighted by Gasteiger charge is 2.19. The second-order valence-electron chi connectivity index (χ2n) is 6.82. The monoisotopic (exact) mass is 319 g/mol. The van der Waals surface area contributed by atoms with Crippen LogP contribution in [0.4, 0.5) is 0 Å². The number of benzene rings is 1. The Morgan fingerprint density at radius 2 is 1.91 bits per heavy atom. The summed E-state index contributed by atoms with van der Waals surface area (Å²) in [7, 11) is 1.66. The lowest BCUT2D eigenvalue weighted by atomic mass is 10.1. The van der Waals surface area contributed by atoms with Gasteiger partial charge in [-0.25, -0.2) is 0 Å². The fourth-order valence-corrected chi connectivity index (χ4v) is 2.99. The number of carbonyl (C=O) groups excluding carboxylic acids is 1. The van der Waals surface area contributed by atoms with Gasteiger partial charge in [0.1, 0.15) is 0 Å². The Morgan fingerprint density at radius 1 is 1.22 bits per heavy atom. The number of methoxy groups -OCH3 is 1. The second kappa shape index (κ2) is 8.23. The van der Waals surface area contributed by atoms with Crippen molar-refractivity contribution >= 4 is 5.91 Å². The van der Waals surface area contributed by atoms with E-state index in [1.807, 2.05) is 39.0 Å². The predicted molar refractivity (Wildman–Crippen MR) is 91.9 cm³/mol. The lowest BCUT2D eigenvalue weighted by molar-refractivity contribution is -0.122. The van der Waals surface area contributed by atoms with E-state index in [-0.39, 0.29) is 11.9 Å². The van der Waals surface area contributed by atoms with Gasteiger partial charge in [-0.2, -0.15) is 0 Å². The molecule has 0 bridgehead atoms. The Kier molecular flexibility index (Phi) is 6.31. The Labute approximate surface area is 139 Å². The van der Waals surface area contributed by atoms with Crippen molar-refractivity contribution < 1.29 is 14.3 Å². The third kappa shape index (κ3) is 5.15. The fourth-order valence-electron chi connectivity index (χ4n) is 2.99. The molecule has 0 aliphatic heterocycles. The molecule has 2 rings (SSSR count). The topological polar surface area (TPSA) is 47.6 Å². The number of hydrogen-bond acceptors (Lipinski definition) is 3. The number of carbonyl (C=O) groups is 1. The van der Waals surface area contributed by atoms with Crippen LogP contribution in [0.25, 0.3) is 0 Å². The molecule has 0 unspecified atom stereocenters. The van der Waals surface area contributed by atoms with Crippen LogP contribution in [0.5, 0.6) is 11.5 Å². The average Bonchev–Trinajstić information content (AvgIpc) is 2.99. The van der Waals surface area contributed by atoms with Gasteiger partial charge >= 0.3 is 0 Å². The normalized spacial score (nSPS) is 16.4. The van der Waals surface area contributed by atoms with Crippen LogP contribution in [0, 0.1) is 5.92 Å². The molecule has 1 amide bonds. The van der Waals surface area contributed by atoms with Crippen molar-refractivity contribution in [2.45, 2.75) is 65.0 Å². The van der Waals surface area contributed by atoms with E-state index in [0.717, 1.165) is 29.9 Å². The number of nitrogens with one attached hydrogen (secondary N) is 1. The highest BCUT2D eigenvalue weighted by Crippen LogP contribution is 2.33. The van der Waals surface area contributed by atoms with Crippen LogP contribution >= 0.6 is 0 Å². The van der Waals surface area contributed by atoms with Gasteiger partial charge in [0.25, 0.3) is 0 Å². The number of ether oxygens (including phenoxy) is 2. The zero-order valence-corrected chi connectivity index (χ0v) is 14.7. The summed E-state index contributed by atoms with van der Waals surface area (Å²) in [6.07, 6.45) is 5.56. The van der Waals surface area contributed by atoms with Crippen molar-refractivity contribution in [2.75, 3.05) is 7.11 Å². The van der Waals surface area contributed by atoms with Gasteiger partial charge in [-0.15, -0.1) is 0 Å². The van der Waals surface area contributed by atoms with Crippen molar-refractivity contribution in [3.8, 4) is 11.5 Å². The molecule has 1 aliphatic carbocycles. The maximum atomic E-state index is 11.9. The van der Waals surface area contributed by atoms with E-state index in [2.05, 4.69) is 5.32 Å². The first-order valence-corrected chi connectivity index (χ1v) is 8.63. The van der Waals surface area contributed by atoms with Crippen molar-refractivity contribution in [1.82, 2.24) is 5.32 Å². The lowest BCUT2D eigenvalue weighted by Gasteiger charge is -2.19. The molecular weight excluding hydrogens is 290 g/mol. The van der Waals surface area contributed by atoms with Gasteiger partial charge in [-0.05, 0) is 56.2 Å². The highest BCUT2D eigenvalue weighted by atomic mass is 16.5. The summed E-state index contributed by atoms with van der Waals surface area (Å²) in [5.74, 6) is 1.97. The molecule has 0 heterocycles. The molecule has 0 aromatic heterocycles. The van der Waals surface area contributed by atoms with Crippen LogP contribution in [-0.2, 0) is 4.79 Å². The third-order valence-electron chi connectivity index (χ3n) is 4.25. The minimum Gasteiger partial charge on any atom is -0.493 e. The van der Waals surface area contributed by atoms with Crippen LogP contribution in [-0.4, -0.2) is 19.1 Å². The van der Waals surface area contributed by atoms with E-state index in [9.17, 15) is 4.79 Å². The minimum atomic E-state index is -0.0457. The molecule has 4 heteroatoms. The third-order valence-corrected chi connectivity index (χ3v) is 4.25. The Morgan fingerprint density at radius 3 is 2.52 bits per heavy atom. The Bertz CT molecular complexity index is 521. The zero-order valence-electron chi connectivity index (χ0n) is 14.7. The van der Waals surface area contributed by atoms with Gasteiger partial charge in [0.2, 0.25) is 5.91 Å². The van der Waals surface area contributed by atoms with E-state index in [0.29, 0.717) is 18.4 Å². The maximum absolute atomic E-state index is 11.9. The molecule has 1 aromatic carbocycles. The fraction of sp³-hybridized carbons (Fsp3) is 0.632. The largest absolute Gasteiger partial charge is 0.493 e. The van der Waals surface area contributed by atoms with Gasteiger partial charge < -0.3 is 14.8 Å². The summed E-state index contributed by atoms with van der Waals surface area (Å²) in [6.45, 7) is 6.08. The quantitative estimate of drug-likeness (QED) is 0.817. The van der Waals surface area contributed by atoms with Crippen LogP contribution < -0.4 is 14.8 Å². The van der Waals surface area contributed by atoms with E-state index < -0.39 is 0 Å². The standard InChI is InChI=1S/C19H29NO3/c1-13(2)11-19(21)20-14(3)15-9-10-17(18(12-15)22-4)23-16-7-5-6-8-16/h9-10,12-14,16H,5-8,11H2,1-4H3,(H,20,21)/t14-/m0/s1. The summed E-state index contributed by atoms with van der Waals surface area (Å²) in [6, 6.07) is 5.88. The van der Waals surface area contributed by atoms with Crippen LogP contribution in [0.15, 0.2) is 18.2 Å². The van der Waals surface area contributed by atoms with Gasteiger partial charge in [0, 0.05) is 6.42 Å². The first-order valence-electron chi connectivity index (χ1n) is 8.63. The van der Waals surface area contributed by atoms with Crippen molar-refractivity contribution in [3.05, 3.63) is 23.8 Å². The molecule has 1 saturated carbocycles. The smallest absolute Gasteiger partial charge is 0.220 e. The zero-order chi connectivity index (χ0) is 16.8. The predicted octanol–water partition coefficient (Wildman–Crippen LogP) is 4.24. The van der Waals surface area contributed by atoms with E-state index in [1.165, 1.54) is 12.8 Å². The summed E-state index contributed by atoms with van der Waals surface area (Å²) in [5, 5.41) is 3.04. The molecule has 1 atom stereocenters.